The Balaban J connectivity index is 1.77. The molecule has 2 unspecified atom stereocenters. The average molecular weight is 287 g/mol. The van der Waals surface area contributed by atoms with E-state index in [2.05, 4.69) is 37.6 Å². The van der Waals surface area contributed by atoms with Gasteiger partial charge in [0.2, 0.25) is 0 Å². The Morgan fingerprint density at radius 1 is 1.43 bits per heavy atom. The maximum atomic E-state index is 10.3. The van der Waals surface area contributed by atoms with Crippen molar-refractivity contribution in [1.29, 1.82) is 0 Å². The summed E-state index contributed by atoms with van der Waals surface area (Å²) in [5.74, 6) is 1.04. The lowest BCUT2D eigenvalue weighted by Crippen LogP contribution is -2.27. The van der Waals surface area contributed by atoms with Gasteiger partial charge >= 0.3 is 0 Å². The van der Waals surface area contributed by atoms with Gasteiger partial charge in [-0.2, -0.15) is 0 Å². The zero-order valence-electron chi connectivity index (χ0n) is 13.2. The Morgan fingerprint density at radius 3 is 2.95 bits per heavy atom. The second-order valence-corrected chi connectivity index (χ2v) is 7.15. The van der Waals surface area contributed by atoms with Crippen LogP contribution in [0.15, 0.2) is 35.1 Å². The van der Waals surface area contributed by atoms with Gasteiger partial charge in [-0.1, -0.05) is 13.8 Å². The average Bonchev–Trinajstić information content (AvgIpc) is 3.03. The molecule has 2 aromatic heterocycles. The first-order valence-corrected chi connectivity index (χ1v) is 7.86. The minimum atomic E-state index is -0.317. The third-order valence-electron chi connectivity index (χ3n) is 4.67. The number of aliphatic hydroxyl groups excluding tert-OH is 1. The first-order valence-electron chi connectivity index (χ1n) is 7.86. The van der Waals surface area contributed by atoms with Crippen LogP contribution in [-0.2, 0) is 12.8 Å². The van der Waals surface area contributed by atoms with Crippen molar-refractivity contribution >= 4 is 0 Å². The predicted molar refractivity (Wildman–Crippen MR) is 83.2 cm³/mol. The highest BCUT2D eigenvalue weighted by molar-refractivity contribution is 5.29. The van der Waals surface area contributed by atoms with Gasteiger partial charge in [-0.05, 0) is 49.8 Å². The van der Waals surface area contributed by atoms with Crippen LogP contribution in [0.3, 0.4) is 0 Å². The zero-order chi connectivity index (χ0) is 15.0. The Bertz CT molecular complexity index is 595. The lowest BCUT2D eigenvalue weighted by Gasteiger charge is -2.34. The molecule has 0 aliphatic heterocycles. The van der Waals surface area contributed by atoms with Crippen molar-refractivity contribution in [3.8, 4) is 0 Å². The van der Waals surface area contributed by atoms with Crippen molar-refractivity contribution in [2.45, 2.75) is 58.6 Å². The molecule has 0 saturated heterocycles. The summed E-state index contributed by atoms with van der Waals surface area (Å²) >= 11 is 0. The predicted octanol–water partition coefficient (Wildman–Crippen LogP) is 4.28. The number of aromatic nitrogens is 1. The van der Waals surface area contributed by atoms with Gasteiger partial charge in [-0.15, -0.1) is 0 Å². The minimum Gasteiger partial charge on any atom is -0.469 e. The number of aryl methyl sites for hydroxylation is 1. The van der Waals surface area contributed by atoms with Gasteiger partial charge < -0.3 is 14.1 Å². The lowest BCUT2D eigenvalue weighted by molar-refractivity contribution is 0.0974. The Hall–Kier alpha value is -1.48. The van der Waals surface area contributed by atoms with E-state index in [1.807, 2.05) is 12.1 Å². The first-order chi connectivity index (χ1) is 9.96. The van der Waals surface area contributed by atoms with Gasteiger partial charge in [-0.3, -0.25) is 0 Å². The summed E-state index contributed by atoms with van der Waals surface area (Å²) < 4.78 is 7.76. The van der Waals surface area contributed by atoms with Crippen LogP contribution >= 0.6 is 0 Å². The quantitative estimate of drug-likeness (QED) is 0.911. The Morgan fingerprint density at radius 2 is 2.24 bits per heavy atom. The van der Waals surface area contributed by atoms with Gasteiger partial charge in [0.15, 0.2) is 0 Å². The molecular weight excluding hydrogens is 262 g/mol. The summed E-state index contributed by atoms with van der Waals surface area (Å²) in [7, 11) is 0. The van der Waals surface area contributed by atoms with Crippen LogP contribution in [-0.4, -0.2) is 9.67 Å². The van der Waals surface area contributed by atoms with Crippen LogP contribution in [0.25, 0.3) is 0 Å². The van der Waals surface area contributed by atoms with Gasteiger partial charge in [0.05, 0.1) is 12.4 Å². The maximum Gasteiger partial charge on any atom is 0.103 e. The fraction of sp³-hybridized carbons (Fsp3) is 0.556. The highest BCUT2D eigenvalue weighted by atomic mass is 16.3. The Labute approximate surface area is 126 Å². The molecule has 0 amide bonds. The summed E-state index contributed by atoms with van der Waals surface area (Å²) in [5, 5.41) is 10.3. The van der Waals surface area contributed by atoms with Crippen LogP contribution in [0.5, 0.6) is 0 Å². The molecule has 0 bridgehead atoms. The van der Waals surface area contributed by atoms with E-state index in [-0.39, 0.29) is 11.5 Å². The molecule has 3 rings (SSSR count). The number of furan rings is 1. The molecule has 0 fully saturated rings. The number of hydrogen-bond donors (Lipinski definition) is 1. The van der Waals surface area contributed by atoms with E-state index in [1.54, 1.807) is 6.26 Å². The molecule has 1 aliphatic carbocycles. The number of fused-ring (bicyclic) bond motifs is 1. The Kier molecular flexibility index (Phi) is 3.70. The number of rotatable bonds is 4. The molecule has 0 radical (unpaired) electrons. The SMILES string of the molecule is CC(CCc1ccco1)n1ccc2c1CC(C)(C)CC2O. The van der Waals surface area contributed by atoms with E-state index in [4.69, 9.17) is 4.42 Å². The van der Waals surface area contributed by atoms with E-state index in [1.165, 1.54) is 5.69 Å². The molecule has 0 spiro atoms. The second-order valence-electron chi connectivity index (χ2n) is 7.15. The van der Waals surface area contributed by atoms with Crippen LogP contribution in [0, 0.1) is 5.41 Å². The normalized spacial score (nSPS) is 22.0. The molecule has 1 N–H and O–H groups in total. The molecule has 2 heterocycles. The molecule has 3 nitrogen and oxygen atoms in total. The fourth-order valence-electron chi connectivity index (χ4n) is 3.51. The van der Waals surface area contributed by atoms with Gasteiger partial charge in [0.25, 0.3) is 0 Å². The van der Waals surface area contributed by atoms with Crippen LogP contribution in [0.2, 0.25) is 0 Å². The summed E-state index contributed by atoms with van der Waals surface area (Å²) in [5.41, 5.74) is 2.60. The summed E-state index contributed by atoms with van der Waals surface area (Å²) in [6, 6.07) is 6.49. The zero-order valence-corrected chi connectivity index (χ0v) is 13.2. The van der Waals surface area contributed by atoms with Gasteiger partial charge in [-0.25, -0.2) is 0 Å². The van der Waals surface area contributed by atoms with Crippen molar-refractivity contribution in [3.05, 3.63) is 47.7 Å². The molecule has 0 saturated carbocycles. The van der Waals surface area contributed by atoms with Crippen molar-refractivity contribution in [2.24, 2.45) is 5.41 Å². The number of nitrogens with zero attached hydrogens (tertiary/aromatic N) is 1. The third kappa shape index (κ3) is 2.93. The lowest BCUT2D eigenvalue weighted by atomic mass is 9.75. The van der Waals surface area contributed by atoms with Crippen LogP contribution < -0.4 is 0 Å². The van der Waals surface area contributed by atoms with Crippen molar-refractivity contribution in [1.82, 2.24) is 4.57 Å². The standard InChI is InChI=1S/C18H25NO2/c1-13(6-7-14-5-4-10-21-14)19-9-8-15-16(19)11-18(2,3)12-17(15)20/h4-5,8-10,13,17,20H,6-7,11-12H2,1-3H3. The highest BCUT2D eigenvalue weighted by Crippen LogP contribution is 2.42. The van der Waals surface area contributed by atoms with E-state index in [0.29, 0.717) is 6.04 Å². The first kappa shape index (κ1) is 14.5. The fourth-order valence-corrected chi connectivity index (χ4v) is 3.51. The number of aliphatic hydroxyl groups is 1. The molecule has 2 aromatic rings. The molecule has 21 heavy (non-hydrogen) atoms. The van der Waals surface area contributed by atoms with E-state index < -0.39 is 0 Å². The van der Waals surface area contributed by atoms with Gasteiger partial charge in [0, 0.05) is 29.9 Å². The molecule has 0 aromatic carbocycles. The molecule has 114 valence electrons. The molecule has 1 aliphatic rings. The van der Waals surface area contributed by atoms with Crippen LogP contribution in [0.4, 0.5) is 0 Å². The van der Waals surface area contributed by atoms with Crippen molar-refractivity contribution in [2.75, 3.05) is 0 Å². The maximum absolute atomic E-state index is 10.3. The number of hydrogen-bond acceptors (Lipinski definition) is 2. The van der Waals surface area contributed by atoms with Crippen molar-refractivity contribution < 1.29 is 9.52 Å². The summed E-state index contributed by atoms with van der Waals surface area (Å²) in [6.07, 6.45) is 7.45. The molecule has 2 atom stereocenters. The third-order valence-corrected chi connectivity index (χ3v) is 4.67. The second kappa shape index (κ2) is 5.38. The topological polar surface area (TPSA) is 38.3 Å². The smallest absolute Gasteiger partial charge is 0.103 e. The largest absolute Gasteiger partial charge is 0.469 e. The van der Waals surface area contributed by atoms with Gasteiger partial charge in [0.1, 0.15) is 5.76 Å². The minimum absolute atomic E-state index is 0.170. The highest BCUT2D eigenvalue weighted by Gasteiger charge is 2.33. The van der Waals surface area contributed by atoms with E-state index in [0.717, 1.165) is 37.0 Å². The van der Waals surface area contributed by atoms with Crippen LogP contribution in [0.1, 0.15) is 62.8 Å². The summed E-state index contributed by atoms with van der Waals surface area (Å²) in [4.78, 5) is 0. The molecular formula is C18H25NO2. The summed E-state index contributed by atoms with van der Waals surface area (Å²) in [6.45, 7) is 6.73. The van der Waals surface area contributed by atoms with E-state index >= 15 is 0 Å². The van der Waals surface area contributed by atoms with Crippen molar-refractivity contribution in [3.63, 3.8) is 0 Å². The molecule has 3 heteroatoms. The monoisotopic (exact) mass is 287 g/mol. The van der Waals surface area contributed by atoms with E-state index in [9.17, 15) is 5.11 Å².